The number of pyridine rings is 1. The van der Waals surface area contributed by atoms with Crippen molar-refractivity contribution >= 4 is 6.09 Å². The number of furan rings is 1. The van der Waals surface area contributed by atoms with E-state index < -0.39 is 28.9 Å². The third kappa shape index (κ3) is 4.70. The topological polar surface area (TPSA) is 90.4 Å². The van der Waals surface area contributed by atoms with Crippen LogP contribution in [0.4, 0.5) is 18.0 Å². The number of hydrogen-bond acceptors (Lipinski definition) is 4. The molecule has 6 nitrogen and oxygen atoms in total. The minimum atomic E-state index is -4.74. The van der Waals surface area contributed by atoms with Crippen LogP contribution in [0, 0.1) is 11.3 Å². The summed E-state index contributed by atoms with van der Waals surface area (Å²) in [5.74, 6) is 0. The van der Waals surface area contributed by atoms with Crippen LogP contribution in [0.2, 0.25) is 0 Å². The van der Waals surface area contributed by atoms with Gasteiger partial charge in [-0.05, 0) is 46.8 Å². The molecule has 0 aromatic carbocycles. The van der Waals surface area contributed by atoms with E-state index in [1.54, 1.807) is 20.8 Å². The van der Waals surface area contributed by atoms with Crippen LogP contribution in [-0.4, -0.2) is 32.2 Å². The minimum Gasteiger partial charge on any atom is -0.472 e. The van der Waals surface area contributed by atoms with Crippen molar-refractivity contribution in [2.75, 3.05) is 0 Å². The first-order valence-corrected chi connectivity index (χ1v) is 8.75. The van der Waals surface area contributed by atoms with Gasteiger partial charge in [0.05, 0.1) is 23.8 Å². The number of carbonyl (C=O) groups is 1. The summed E-state index contributed by atoms with van der Waals surface area (Å²) < 4.78 is 46.3. The molecule has 0 aliphatic rings. The predicted molar refractivity (Wildman–Crippen MR) is 99.1 cm³/mol. The van der Waals surface area contributed by atoms with Crippen LogP contribution >= 0.6 is 0 Å². The second-order valence-electron chi connectivity index (χ2n) is 8.28. The number of hydrogen-bond donors (Lipinski definition) is 1. The molecule has 0 fully saturated rings. The molecule has 9 heteroatoms. The minimum absolute atomic E-state index is 0.000966. The quantitative estimate of drug-likeness (QED) is 0.737. The maximum atomic E-state index is 13.8. The van der Waals surface area contributed by atoms with Crippen LogP contribution in [0.25, 0.3) is 11.1 Å². The zero-order chi connectivity index (χ0) is 22.2. The van der Waals surface area contributed by atoms with Crippen molar-refractivity contribution in [3.8, 4) is 17.2 Å². The number of amides is 1. The molecule has 1 N–H and O–H groups in total. The van der Waals surface area contributed by atoms with Gasteiger partial charge < -0.3 is 9.52 Å². The predicted octanol–water partition coefficient (Wildman–Crippen LogP) is 5.33. The van der Waals surface area contributed by atoms with E-state index in [1.807, 2.05) is 6.07 Å². The molecule has 0 aliphatic carbocycles. The summed E-state index contributed by atoms with van der Waals surface area (Å²) in [7, 11) is 0. The lowest BCUT2D eigenvalue weighted by Gasteiger charge is -2.45. The maximum Gasteiger partial charge on any atom is 0.418 e. The molecular formula is C20H22F3N3O3. The highest BCUT2D eigenvalue weighted by atomic mass is 19.4. The van der Waals surface area contributed by atoms with Gasteiger partial charge in [-0.2, -0.15) is 18.4 Å². The number of aromatic nitrogens is 1. The first-order valence-electron chi connectivity index (χ1n) is 8.75. The van der Waals surface area contributed by atoms with Crippen molar-refractivity contribution in [1.29, 1.82) is 5.26 Å². The Morgan fingerprint density at radius 2 is 1.90 bits per heavy atom. The summed E-state index contributed by atoms with van der Waals surface area (Å²) in [5.41, 5.74) is -3.37. The fourth-order valence-electron chi connectivity index (χ4n) is 3.60. The van der Waals surface area contributed by atoms with Crippen molar-refractivity contribution in [1.82, 2.24) is 9.88 Å². The Morgan fingerprint density at radius 3 is 2.31 bits per heavy atom. The molecule has 1 amide bonds. The third-order valence-electron chi connectivity index (χ3n) is 4.41. The van der Waals surface area contributed by atoms with Gasteiger partial charge in [0.25, 0.3) is 0 Å². The Kier molecular flexibility index (Phi) is 5.70. The Bertz CT molecular complexity index is 937. The van der Waals surface area contributed by atoms with Gasteiger partial charge in [0, 0.05) is 28.6 Å². The van der Waals surface area contributed by atoms with E-state index in [0.717, 1.165) is 11.0 Å². The van der Waals surface area contributed by atoms with Crippen molar-refractivity contribution in [2.24, 2.45) is 0 Å². The van der Waals surface area contributed by atoms with E-state index in [0.29, 0.717) is 5.56 Å². The number of rotatable bonds is 4. The van der Waals surface area contributed by atoms with Crippen LogP contribution in [-0.2, 0) is 12.6 Å². The summed E-state index contributed by atoms with van der Waals surface area (Å²) in [5, 5.41) is 19.1. The summed E-state index contributed by atoms with van der Waals surface area (Å²) in [6.07, 6.45) is -3.80. The van der Waals surface area contributed by atoms with E-state index in [1.165, 1.54) is 32.4 Å². The van der Waals surface area contributed by atoms with Crippen LogP contribution in [0.1, 0.15) is 51.6 Å². The number of nitriles is 1. The summed E-state index contributed by atoms with van der Waals surface area (Å²) in [6, 6.07) is 4.12. The maximum absolute atomic E-state index is 13.8. The molecule has 156 valence electrons. The van der Waals surface area contributed by atoms with Gasteiger partial charge in [0.15, 0.2) is 0 Å². The standard InChI is InChI=1S/C20H22F3N3O3/c1-18(2,3)26(17(27)28)19(4,5)9-15-14(20(21,22)23)8-13(16(10-24)25-15)12-6-7-29-11-12/h6-8,11H,9H2,1-5H3,(H,27,28). The highest BCUT2D eigenvalue weighted by Crippen LogP contribution is 2.38. The van der Waals surface area contributed by atoms with E-state index in [2.05, 4.69) is 4.98 Å². The second-order valence-corrected chi connectivity index (χ2v) is 8.28. The summed E-state index contributed by atoms with van der Waals surface area (Å²) >= 11 is 0. The van der Waals surface area contributed by atoms with Crippen LogP contribution in [0.3, 0.4) is 0 Å². The Morgan fingerprint density at radius 1 is 1.28 bits per heavy atom. The van der Waals surface area contributed by atoms with Gasteiger partial charge in [-0.15, -0.1) is 0 Å². The monoisotopic (exact) mass is 409 g/mol. The first kappa shape index (κ1) is 22.3. The molecule has 2 heterocycles. The average Bonchev–Trinajstić information content (AvgIpc) is 3.04. The van der Waals surface area contributed by atoms with Gasteiger partial charge in [-0.25, -0.2) is 9.78 Å². The van der Waals surface area contributed by atoms with Crippen LogP contribution < -0.4 is 0 Å². The number of halogens is 3. The normalized spacial score (nSPS) is 12.5. The van der Waals surface area contributed by atoms with Gasteiger partial charge >= 0.3 is 12.3 Å². The first-order chi connectivity index (χ1) is 13.2. The number of alkyl halides is 3. The van der Waals surface area contributed by atoms with E-state index in [4.69, 9.17) is 4.42 Å². The van der Waals surface area contributed by atoms with Crippen molar-refractivity contribution in [3.63, 3.8) is 0 Å². The molecule has 0 saturated carbocycles. The average molecular weight is 409 g/mol. The molecule has 2 aromatic heterocycles. The SMILES string of the molecule is CC(C)(C)N(C(=O)O)C(C)(C)Cc1nc(C#N)c(-c2ccoc2)cc1C(F)(F)F. The molecule has 0 atom stereocenters. The smallest absolute Gasteiger partial charge is 0.418 e. The van der Waals surface area contributed by atoms with Gasteiger partial charge in [-0.3, -0.25) is 4.90 Å². The Balaban J connectivity index is 2.66. The summed E-state index contributed by atoms with van der Waals surface area (Å²) in [4.78, 5) is 16.9. The third-order valence-corrected chi connectivity index (χ3v) is 4.41. The molecule has 2 rings (SSSR count). The van der Waals surface area contributed by atoms with E-state index in [9.17, 15) is 28.3 Å². The van der Waals surface area contributed by atoms with E-state index in [-0.39, 0.29) is 23.4 Å². The molecule has 0 saturated heterocycles. The lowest BCUT2D eigenvalue weighted by molar-refractivity contribution is -0.138. The van der Waals surface area contributed by atoms with Gasteiger partial charge in [0.2, 0.25) is 0 Å². The van der Waals surface area contributed by atoms with Gasteiger partial charge in [-0.1, -0.05) is 0 Å². The highest BCUT2D eigenvalue weighted by Gasteiger charge is 2.42. The molecule has 0 spiro atoms. The molecule has 0 bridgehead atoms. The lowest BCUT2D eigenvalue weighted by Crippen LogP contribution is -2.57. The second kappa shape index (κ2) is 7.43. The fraction of sp³-hybridized carbons (Fsp3) is 0.450. The van der Waals surface area contributed by atoms with E-state index >= 15 is 0 Å². The van der Waals surface area contributed by atoms with Crippen LogP contribution in [0.15, 0.2) is 29.1 Å². The summed E-state index contributed by atoms with van der Waals surface area (Å²) in [6.45, 7) is 8.03. The molecule has 0 unspecified atom stereocenters. The lowest BCUT2D eigenvalue weighted by atomic mass is 9.88. The largest absolute Gasteiger partial charge is 0.472 e. The highest BCUT2D eigenvalue weighted by molar-refractivity contribution is 5.69. The van der Waals surface area contributed by atoms with Gasteiger partial charge in [0.1, 0.15) is 11.8 Å². The fourth-order valence-corrected chi connectivity index (χ4v) is 3.60. The molecular weight excluding hydrogens is 387 g/mol. The van der Waals surface area contributed by atoms with Crippen LogP contribution in [0.5, 0.6) is 0 Å². The van der Waals surface area contributed by atoms with Crippen molar-refractivity contribution < 1.29 is 27.5 Å². The molecule has 0 aliphatic heterocycles. The zero-order valence-electron chi connectivity index (χ0n) is 16.8. The van der Waals surface area contributed by atoms with Crippen molar-refractivity contribution in [3.05, 3.63) is 41.6 Å². The Labute approximate surface area is 166 Å². The Hall–Kier alpha value is -3.02. The zero-order valence-corrected chi connectivity index (χ0v) is 16.8. The van der Waals surface area contributed by atoms with Crippen molar-refractivity contribution in [2.45, 2.75) is 58.3 Å². The molecule has 0 radical (unpaired) electrons. The molecule has 29 heavy (non-hydrogen) atoms. The number of carboxylic acid groups (broad SMARTS) is 1. The molecule has 2 aromatic rings. The number of nitrogens with zero attached hydrogens (tertiary/aromatic N) is 3.